The van der Waals surface area contributed by atoms with Crippen LogP contribution >= 0.6 is 0 Å². The molecule has 0 bridgehead atoms. The second-order valence-electron chi connectivity index (χ2n) is 6.31. The summed E-state index contributed by atoms with van der Waals surface area (Å²) in [6.07, 6.45) is 0. The van der Waals surface area contributed by atoms with Crippen molar-refractivity contribution in [2.24, 2.45) is 5.92 Å². The van der Waals surface area contributed by atoms with Gasteiger partial charge in [0.2, 0.25) is 0 Å². The topological polar surface area (TPSA) is 56.8 Å². The molecule has 0 aromatic carbocycles. The van der Waals surface area contributed by atoms with E-state index in [0.29, 0.717) is 13.2 Å². The average Bonchev–Trinajstić information content (AvgIpc) is 2.82. The minimum atomic E-state index is -0.362. The van der Waals surface area contributed by atoms with Crippen LogP contribution in [0.3, 0.4) is 0 Å². The third kappa shape index (κ3) is 2.66. The van der Waals surface area contributed by atoms with Crippen LogP contribution in [-0.2, 0) is 18.8 Å². The summed E-state index contributed by atoms with van der Waals surface area (Å²) in [7, 11) is -0.352. The van der Waals surface area contributed by atoms with Crippen molar-refractivity contribution < 1.29 is 18.8 Å². The van der Waals surface area contributed by atoms with Crippen molar-refractivity contribution in [1.29, 1.82) is 0 Å². The molecule has 2 aliphatic heterocycles. The van der Waals surface area contributed by atoms with Crippen molar-refractivity contribution in [2.75, 3.05) is 19.7 Å². The number of nitrogens with one attached hydrogen (secondary N) is 1. The maximum Gasteiger partial charge on any atom is 0.463 e. The van der Waals surface area contributed by atoms with Crippen molar-refractivity contribution in [2.45, 2.75) is 51.6 Å². The van der Waals surface area contributed by atoms with Crippen LogP contribution in [0, 0.1) is 5.92 Å². The van der Waals surface area contributed by atoms with Gasteiger partial charge in [0.15, 0.2) is 0 Å². The average molecular weight is 269 g/mol. The molecule has 2 fully saturated rings. The quantitative estimate of drug-likeness (QED) is 0.617. The Hall–Kier alpha value is -0.585. The molecule has 0 aliphatic carbocycles. The summed E-state index contributed by atoms with van der Waals surface area (Å²) in [4.78, 5) is 12.0. The van der Waals surface area contributed by atoms with E-state index in [9.17, 15) is 4.79 Å². The molecule has 1 N–H and O–H groups in total. The van der Waals surface area contributed by atoms with E-state index in [-0.39, 0.29) is 36.0 Å². The summed E-state index contributed by atoms with van der Waals surface area (Å²) in [5.41, 5.74) is -0.723. The van der Waals surface area contributed by atoms with Crippen LogP contribution in [0.5, 0.6) is 0 Å². The van der Waals surface area contributed by atoms with Crippen molar-refractivity contribution >= 4 is 13.1 Å². The maximum absolute atomic E-state index is 12.0. The smallest absolute Gasteiger partial charge is 0.463 e. The van der Waals surface area contributed by atoms with Gasteiger partial charge in [-0.2, -0.15) is 0 Å². The summed E-state index contributed by atoms with van der Waals surface area (Å²) >= 11 is 0. The predicted molar refractivity (Wildman–Crippen MR) is 72.8 cm³/mol. The zero-order valence-corrected chi connectivity index (χ0v) is 12.5. The maximum atomic E-state index is 12.0. The van der Waals surface area contributed by atoms with Gasteiger partial charge in [0.05, 0.1) is 23.7 Å². The van der Waals surface area contributed by atoms with E-state index in [2.05, 4.69) is 5.32 Å². The first kappa shape index (κ1) is 14.8. The standard InChI is InChI=1S/C13H24BNO4/c1-6-17-11(16)9-7-15-8-10(9)14-18-12(2,3)13(4,5)19-14/h9-10,15H,6-8H2,1-5H3. The van der Waals surface area contributed by atoms with Crippen LogP contribution in [0.2, 0.25) is 5.82 Å². The Labute approximate surface area is 115 Å². The molecule has 2 heterocycles. The summed E-state index contributed by atoms with van der Waals surface area (Å²) < 4.78 is 17.2. The molecule has 2 aliphatic rings. The second kappa shape index (κ2) is 5.07. The van der Waals surface area contributed by atoms with Gasteiger partial charge in [0, 0.05) is 12.4 Å². The van der Waals surface area contributed by atoms with E-state index in [0.717, 1.165) is 6.54 Å². The molecule has 0 spiro atoms. The van der Waals surface area contributed by atoms with Gasteiger partial charge in [-0.05, 0) is 41.2 Å². The Bertz CT molecular complexity index is 343. The fraction of sp³-hybridized carbons (Fsp3) is 0.923. The zero-order valence-electron chi connectivity index (χ0n) is 12.5. The molecule has 2 rings (SSSR count). The van der Waals surface area contributed by atoms with Gasteiger partial charge in [-0.1, -0.05) is 0 Å². The van der Waals surface area contributed by atoms with Crippen molar-refractivity contribution in [3.05, 3.63) is 0 Å². The van der Waals surface area contributed by atoms with Crippen LogP contribution in [0.4, 0.5) is 0 Å². The van der Waals surface area contributed by atoms with E-state index in [1.165, 1.54) is 0 Å². The van der Waals surface area contributed by atoms with Gasteiger partial charge < -0.3 is 19.4 Å². The third-order valence-electron chi connectivity index (χ3n) is 4.47. The zero-order chi connectivity index (χ0) is 14.3. The van der Waals surface area contributed by atoms with E-state index in [1.807, 2.05) is 34.6 Å². The minimum absolute atomic E-state index is 0.0140. The molecule has 2 unspecified atom stereocenters. The third-order valence-corrected chi connectivity index (χ3v) is 4.47. The molecular weight excluding hydrogens is 245 g/mol. The monoisotopic (exact) mass is 269 g/mol. The van der Waals surface area contributed by atoms with Gasteiger partial charge in [-0.15, -0.1) is 0 Å². The highest BCUT2D eigenvalue weighted by molar-refractivity contribution is 6.48. The largest absolute Gasteiger partial charge is 0.466 e. The van der Waals surface area contributed by atoms with Crippen LogP contribution in [-0.4, -0.2) is 44.0 Å². The van der Waals surface area contributed by atoms with Gasteiger partial charge >= 0.3 is 13.1 Å². The SMILES string of the molecule is CCOC(=O)C1CNCC1B1OC(C)(C)C(C)(C)O1. The van der Waals surface area contributed by atoms with E-state index >= 15 is 0 Å². The molecule has 0 aromatic heterocycles. The number of hydrogen-bond donors (Lipinski definition) is 1. The number of rotatable bonds is 3. The van der Waals surface area contributed by atoms with Gasteiger partial charge in [-0.25, -0.2) is 0 Å². The summed E-state index contributed by atoms with van der Waals surface area (Å²) in [6.45, 7) is 11.7. The van der Waals surface area contributed by atoms with Crippen molar-refractivity contribution in [1.82, 2.24) is 5.32 Å². The Morgan fingerprint density at radius 3 is 2.37 bits per heavy atom. The number of carbonyl (C=O) groups excluding carboxylic acids is 1. The van der Waals surface area contributed by atoms with E-state index in [1.54, 1.807) is 0 Å². The van der Waals surface area contributed by atoms with Crippen LogP contribution < -0.4 is 5.32 Å². The predicted octanol–water partition coefficient (Wildman–Crippen LogP) is 1.23. The summed E-state index contributed by atoms with van der Waals surface area (Å²) in [5.74, 6) is -0.332. The molecule has 0 saturated carbocycles. The second-order valence-corrected chi connectivity index (χ2v) is 6.31. The highest BCUT2D eigenvalue weighted by atomic mass is 16.7. The van der Waals surface area contributed by atoms with Crippen LogP contribution in [0.15, 0.2) is 0 Å². The van der Waals surface area contributed by atoms with Crippen LogP contribution in [0.1, 0.15) is 34.6 Å². The van der Waals surface area contributed by atoms with Crippen LogP contribution in [0.25, 0.3) is 0 Å². The van der Waals surface area contributed by atoms with Crippen molar-refractivity contribution in [3.63, 3.8) is 0 Å². The lowest BCUT2D eigenvalue weighted by molar-refractivity contribution is -0.147. The molecule has 108 valence electrons. The number of carbonyl (C=O) groups is 1. The van der Waals surface area contributed by atoms with Gasteiger partial charge in [0.1, 0.15) is 0 Å². The first-order chi connectivity index (χ1) is 8.78. The Morgan fingerprint density at radius 1 is 1.26 bits per heavy atom. The fourth-order valence-electron chi connectivity index (χ4n) is 2.56. The molecular formula is C13H24BNO4. The van der Waals surface area contributed by atoms with Crippen molar-refractivity contribution in [3.8, 4) is 0 Å². The highest BCUT2D eigenvalue weighted by Crippen LogP contribution is 2.42. The molecule has 6 heteroatoms. The minimum Gasteiger partial charge on any atom is -0.466 e. The van der Waals surface area contributed by atoms with Gasteiger partial charge in [0.25, 0.3) is 0 Å². The van der Waals surface area contributed by atoms with Gasteiger partial charge in [-0.3, -0.25) is 4.79 Å². The van der Waals surface area contributed by atoms with E-state index in [4.69, 9.17) is 14.0 Å². The molecule has 0 radical (unpaired) electrons. The fourth-order valence-corrected chi connectivity index (χ4v) is 2.56. The first-order valence-corrected chi connectivity index (χ1v) is 7.01. The molecule has 2 saturated heterocycles. The summed E-state index contributed by atoms with van der Waals surface area (Å²) in [5, 5.41) is 3.23. The molecule has 2 atom stereocenters. The number of hydrogen-bond acceptors (Lipinski definition) is 5. The normalized spacial score (nSPS) is 32.6. The Kier molecular flexibility index (Phi) is 3.96. The lowest BCUT2D eigenvalue weighted by Gasteiger charge is -2.32. The molecule has 19 heavy (non-hydrogen) atoms. The van der Waals surface area contributed by atoms with E-state index < -0.39 is 0 Å². The molecule has 0 amide bonds. The number of ether oxygens (including phenoxy) is 1. The lowest BCUT2D eigenvalue weighted by Crippen LogP contribution is -2.41. The summed E-state index contributed by atoms with van der Waals surface area (Å²) in [6, 6.07) is 0. The Balaban J connectivity index is 2.08. The molecule has 0 aromatic rings. The first-order valence-electron chi connectivity index (χ1n) is 7.01. The molecule has 5 nitrogen and oxygen atoms in total. The Morgan fingerprint density at radius 2 is 1.84 bits per heavy atom. The lowest BCUT2D eigenvalue weighted by atomic mass is 9.66. The number of esters is 1. The highest BCUT2D eigenvalue weighted by Gasteiger charge is 2.56.